The van der Waals surface area contributed by atoms with Crippen LogP contribution in [0, 0.1) is 0 Å². The Kier molecular flexibility index (Phi) is 6.96. The van der Waals surface area contributed by atoms with Crippen LogP contribution in [-0.2, 0) is 16.0 Å². The SMILES string of the molecule is CCc1cccc(N2C(=O)CS[C@@H]2c2ccc(NC(=O)[C@H](CC)c3ccccc3)cc2)c1. The molecule has 1 aliphatic rings. The summed E-state index contributed by atoms with van der Waals surface area (Å²) < 4.78 is 0. The molecule has 5 heteroatoms. The Bertz CT molecular complexity index is 1080. The minimum absolute atomic E-state index is 0.00474. The molecular weight excluding hydrogens is 416 g/mol. The fraction of sp³-hybridized carbons (Fsp3) is 0.259. The second-order valence-electron chi connectivity index (χ2n) is 7.93. The van der Waals surface area contributed by atoms with Gasteiger partial charge in [0, 0.05) is 11.4 Å². The minimum atomic E-state index is -0.180. The molecule has 2 amide bonds. The molecule has 0 aromatic heterocycles. The van der Waals surface area contributed by atoms with Gasteiger partial charge in [-0.05, 0) is 53.8 Å². The first-order chi connectivity index (χ1) is 15.6. The van der Waals surface area contributed by atoms with Gasteiger partial charge in [0.05, 0.1) is 11.7 Å². The van der Waals surface area contributed by atoms with E-state index in [4.69, 9.17) is 0 Å². The number of anilines is 2. The van der Waals surface area contributed by atoms with E-state index in [2.05, 4.69) is 24.4 Å². The van der Waals surface area contributed by atoms with Crippen molar-refractivity contribution in [2.45, 2.75) is 38.0 Å². The molecule has 2 atom stereocenters. The summed E-state index contributed by atoms with van der Waals surface area (Å²) in [4.78, 5) is 27.4. The first-order valence-electron chi connectivity index (χ1n) is 11.1. The smallest absolute Gasteiger partial charge is 0.238 e. The number of thioether (sulfide) groups is 1. The summed E-state index contributed by atoms with van der Waals surface area (Å²) in [6, 6.07) is 25.9. The van der Waals surface area contributed by atoms with Crippen molar-refractivity contribution in [1.82, 2.24) is 0 Å². The maximum absolute atomic E-state index is 12.9. The molecule has 3 aromatic carbocycles. The lowest BCUT2D eigenvalue weighted by atomic mass is 9.95. The first-order valence-corrected chi connectivity index (χ1v) is 12.1. The fourth-order valence-electron chi connectivity index (χ4n) is 4.09. The van der Waals surface area contributed by atoms with E-state index in [-0.39, 0.29) is 23.1 Å². The third-order valence-electron chi connectivity index (χ3n) is 5.85. The molecule has 0 spiro atoms. The maximum atomic E-state index is 12.9. The van der Waals surface area contributed by atoms with Gasteiger partial charge in [0.25, 0.3) is 0 Å². The quantitative estimate of drug-likeness (QED) is 0.475. The van der Waals surface area contributed by atoms with Crippen molar-refractivity contribution in [3.63, 3.8) is 0 Å². The van der Waals surface area contributed by atoms with Crippen LogP contribution in [-0.4, -0.2) is 17.6 Å². The molecule has 32 heavy (non-hydrogen) atoms. The molecule has 0 bridgehead atoms. The van der Waals surface area contributed by atoms with E-state index in [0.717, 1.165) is 35.3 Å². The van der Waals surface area contributed by atoms with Gasteiger partial charge < -0.3 is 5.32 Å². The number of benzene rings is 3. The van der Waals surface area contributed by atoms with Crippen molar-refractivity contribution in [2.24, 2.45) is 0 Å². The lowest BCUT2D eigenvalue weighted by molar-refractivity contribution is -0.118. The highest BCUT2D eigenvalue weighted by Gasteiger charge is 2.34. The number of hydrogen-bond donors (Lipinski definition) is 1. The van der Waals surface area contributed by atoms with Crippen molar-refractivity contribution in [1.29, 1.82) is 0 Å². The van der Waals surface area contributed by atoms with E-state index in [1.165, 1.54) is 5.56 Å². The Morgan fingerprint density at radius 3 is 2.47 bits per heavy atom. The van der Waals surface area contributed by atoms with Crippen molar-refractivity contribution < 1.29 is 9.59 Å². The van der Waals surface area contributed by atoms with Crippen LogP contribution in [0.3, 0.4) is 0 Å². The average Bonchev–Trinajstić information content (AvgIpc) is 3.22. The molecule has 0 saturated carbocycles. The predicted molar refractivity (Wildman–Crippen MR) is 133 cm³/mol. The number of aryl methyl sites for hydroxylation is 1. The van der Waals surface area contributed by atoms with Crippen molar-refractivity contribution in [3.8, 4) is 0 Å². The lowest BCUT2D eigenvalue weighted by Crippen LogP contribution is -2.27. The van der Waals surface area contributed by atoms with Gasteiger partial charge in [-0.15, -0.1) is 11.8 Å². The third-order valence-corrected chi connectivity index (χ3v) is 7.07. The van der Waals surface area contributed by atoms with E-state index in [1.54, 1.807) is 11.8 Å². The molecule has 0 unspecified atom stereocenters. The van der Waals surface area contributed by atoms with Gasteiger partial charge in [0.1, 0.15) is 5.37 Å². The topological polar surface area (TPSA) is 49.4 Å². The molecule has 1 N–H and O–H groups in total. The minimum Gasteiger partial charge on any atom is -0.326 e. The summed E-state index contributed by atoms with van der Waals surface area (Å²) in [5.74, 6) is 0.406. The van der Waals surface area contributed by atoms with Gasteiger partial charge >= 0.3 is 0 Å². The Hall–Kier alpha value is -3.05. The standard InChI is InChI=1S/C27H28N2O2S/c1-3-19-9-8-12-23(17-19)29-25(30)18-32-27(29)21-13-15-22(16-14-21)28-26(31)24(4-2)20-10-6-5-7-11-20/h5-17,24,27H,3-4,18H2,1-2H3,(H,28,31)/t24-,27-/m1/s1. The monoisotopic (exact) mass is 444 g/mol. The molecule has 0 radical (unpaired) electrons. The van der Waals surface area contributed by atoms with Gasteiger partial charge in [-0.25, -0.2) is 0 Å². The number of rotatable bonds is 7. The van der Waals surface area contributed by atoms with Gasteiger partial charge in [-0.3, -0.25) is 14.5 Å². The normalized spacial score (nSPS) is 16.8. The third kappa shape index (κ3) is 4.73. The lowest BCUT2D eigenvalue weighted by Gasteiger charge is -2.25. The van der Waals surface area contributed by atoms with Crippen LogP contribution < -0.4 is 10.2 Å². The van der Waals surface area contributed by atoms with Gasteiger partial charge in [0.2, 0.25) is 11.8 Å². The summed E-state index contributed by atoms with van der Waals surface area (Å²) in [7, 11) is 0. The van der Waals surface area contributed by atoms with E-state index in [9.17, 15) is 9.59 Å². The van der Waals surface area contributed by atoms with Crippen molar-refractivity contribution >= 4 is 35.0 Å². The molecule has 1 fully saturated rings. The predicted octanol–water partition coefficient (Wildman–Crippen LogP) is 6.16. The Balaban J connectivity index is 1.50. The molecule has 3 aromatic rings. The maximum Gasteiger partial charge on any atom is 0.238 e. The van der Waals surface area contributed by atoms with E-state index in [1.807, 2.05) is 78.6 Å². The number of hydrogen-bond acceptors (Lipinski definition) is 3. The molecule has 1 saturated heterocycles. The zero-order valence-electron chi connectivity index (χ0n) is 18.5. The molecule has 1 aliphatic heterocycles. The average molecular weight is 445 g/mol. The summed E-state index contributed by atoms with van der Waals surface area (Å²) in [6.07, 6.45) is 1.67. The molecule has 0 aliphatic carbocycles. The highest BCUT2D eigenvalue weighted by Crippen LogP contribution is 2.42. The van der Waals surface area contributed by atoms with Crippen molar-refractivity contribution in [2.75, 3.05) is 16.0 Å². The van der Waals surface area contributed by atoms with E-state index in [0.29, 0.717) is 5.75 Å². The number of nitrogens with zero attached hydrogens (tertiary/aromatic N) is 1. The Morgan fingerprint density at radius 2 is 1.78 bits per heavy atom. The molecule has 1 heterocycles. The van der Waals surface area contributed by atoms with Crippen LogP contribution >= 0.6 is 11.8 Å². The number of carbonyl (C=O) groups excluding carboxylic acids is 2. The van der Waals surface area contributed by atoms with Gasteiger partial charge in [-0.2, -0.15) is 0 Å². The zero-order chi connectivity index (χ0) is 22.5. The van der Waals surface area contributed by atoms with Gasteiger partial charge in [-0.1, -0.05) is 68.4 Å². The van der Waals surface area contributed by atoms with Crippen LogP contribution in [0.25, 0.3) is 0 Å². The van der Waals surface area contributed by atoms with Crippen LogP contribution in [0.5, 0.6) is 0 Å². The Labute approximate surface area is 194 Å². The number of carbonyl (C=O) groups is 2. The summed E-state index contributed by atoms with van der Waals surface area (Å²) in [5.41, 5.74) is 5.00. The first kappa shape index (κ1) is 22.2. The number of nitrogens with one attached hydrogen (secondary N) is 1. The van der Waals surface area contributed by atoms with E-state index >= 15 is 0 Å². The fourth-order valence-corrected chi connectivity index (χ4v) is 5.27. The summed E-state index contributed by atoms with van der Waals surface area (Å²) >= 11 is 1.63. The van der Waals surface area contributed by atoms with Crippen LogP contribution in [0.1, 0.15) is 48.3 Å². The molecular formula is C27H28N2O2S. The van der Waals surface area contributed by atoms with Crippen LogP contribution in [0.4, 0.5) is 11.4 Å². The second kappa shape index (κ2) is 10.0. The van der Waals surface area contributed by atoms with E-state index < -0.39 is 0 Å². The van der Waals surface area contributed by atoms with Crippen LogP contribution in [0.15, 0.2) is 78.9 Å². The van der Waals surface area contributed by atoms with Crippen LogP contribution in [0.2, 0.25) is 0 Å². The molecule has 4 rings (SSSR count). The highest BCUT2D eigenvalue weighted by atomic mass is 32.2. The summed E-state index contributed by atoms with van der Waals surface area (Å²) in [5, 5.41) is 2.99. The largest absolute Gasteiger partial charge is 0.326 e. The zero-order valence-corrected chi connectivity index (χ0v) is 19.3. The van der Waals surface area contributed by atoms with Crippen molar-refractivity contribution in [3.05, 3.63) is 95.6 Å². The second-order valence-corrected chi connectivity index (χ2v) is 9.00. The number of amides is 2. The van der Waals surface area contributed by atoms with Gasteiger partial charge in [0.15, 0.2) is 0 Å². The Morgan fingerprint density at radius 1 is 1.03 bits per heavy atom. The molecule has 4 nitrogen and oxygen atoms in total. The summed E-state index contributed by atoms with van der Waals surface area (Å²) in [6.45, 7) is 4.14. The molecule has 164 valence electrons. The highest BCUT2D eigenvalue weighted by molar-refractivity contribution is 8.00.